The number of fused-ring (bicyclic) bond motifs is 1. The van der Waals surface area contributed by atoms with E-state index in [-0.39, 0.29) is 10.5 Å². The Hall–Kier alpha value is -1.85. The van der Waals surface area contributed by atoms with Crippen molar-refractivity contribution in [1.82, 2.24) is 23.8 Å². The number of halogens is 1. The van der Waals surface area contributed by atoms with E-state index >= 15 is 0 Å². The number of aromatic nitrogens is 3. The van der Waals surface area contributed by atoms with Gasteiger partial charge in [0.2, 0.25) is 15.0 Å². The standard InChI is InChI=1S/C17H18ClN5O3S2/c1-12-20-23-16(24)10-14(19-17(23)27-12)11-21-5-7-22(8-6-21)28(25,26)15-4-2-3-13(18)9-15/h2-4,9-10H,5-8,11H2,1H3. The molecule has 0 aliphatic carbocycles. The molecular formula is C17H18ClN5O3S2. The average molecular weight is 440 g/mol. The van der Waals surface area contributed by atoms with Crippen molar-refractivity contribution in [3.8, 4) is 0 Å². The fourth-order valence-corrected chi connectivity index (χ4v) is 5.66. The van der Waals surface area contributed by atoms with Gasteiger partial charge in [-0.2, -0.15) is 13.9 Å². The molecule has 0 radical (unpaired) electrons. The van der Waals surface area contributed by atoms with Crippen LogP contribution in [0.2, 0.25) is 5.02 Å². The van der Waals surface area contributed by atoms with Gasteiger partial charge in [0.05, 0.1) is 10.6 Å². The van der Waals surface area contributed by atoms with Crippen molar-refractivity contribution in [2.75, 3.05) is 26.2 Å². The molecule has 1 aliphatic rings. The number of benzene rings is 1. The number of rotatable bonds is 4. The lowest BCUT2D eigenvalue weighted by Gasteiger charge is -2.33. The van der Waals surface area contributed by atoms with Gasteiger partial charge in [-0.05, 0) is 25.1 Å². The number of sulfonamides is 1. The maximum Gasteiger partial charge on any atom is 0.275 e. The molecule has 4 rings (SSSR count). The molecule has 0 saturated carbocycles. The van der Waals surface area contributed by atoms with Crippen LogP contribution < -0.4 is 5.56 Å². The topological polar surface area (TPSA) is 87.9 Å². The molecule has 3 aromatic rings. The Morgan fingerprint density at radius 3 is 2.64 bits per heavy atom. The van der Waals surface area contributed by atoms with E-state index in [0.29, 0.717) is 48.4 Å². The summed E-state index contributed by atoms with van der Waals surface area (Å²) in [4.78, 5) is 19.5. The number of nitrogens with zero attached hydrogens (tertiary/aromatic N) is 5. The Morgan fingerprint density at radius 2 is 1.93 bits per heavy atom. The molecule has 0 spiro atoms. The van der Waals surface area contributed by atoms with E-state index in [1.54, 1.807) is 18.2 Å². The smallest absolute Gasteiger partial charge is 0.275 e. The van der Waals surface area contributed by atoms with Gasteiger partial charge in [-0.1, -0.05) is 29.0 Å². The molecule has 0 amide bonds. The molecule has 0 unspecified atom stereocenters. The van der Waals surface area contributed by atoms with Crippen LogP contribution in [-0.2, 0) is 16.6 Å². The van der Waals surface area contributed by atoms with Gasteiger partial charge in [0.1, 0.15) is 5.01 Å². The maximum atomic E-state index is 12.8. The quantitative estimate of drug-likeness (QED) is 0.613. The van der Waals surface area contributed by atoms with Gasteiger partial charge in [0.15, 0.2) is 0 Å². The van der Waals surface area contributed by atoms with Crippen LogP contribution in [0, 0.1) is 6.92 Å². The molecule has 0 bridgehead atoms. The second-order valence-corrected chi connectivity index (χ2v) is 10.1. The van der Waals surface area contributed by atoms with Gasteiger partial charge in [-0.15, -0.1) is 0 Å². The van der Waals surface area contributed by atoms with E-state index in [2.05, 4.69) is 15.0 Å². The first kappa shape index (κ1) is 19.5. The summed E-state index contributed by atoms with van der Waals surface area (Å²) in [6.45, 7) is 4.18. The molecule has 1 saturated heterocycles. The highest BCUT2D eigenvalue weighted by Crippen LogP contribution is 2.21. The first-order valence-electron chi connectivity index (χ1n) is 8.67. The third kappa shape index (κ3) is 3.83. The lowest BCUT2D eigenvalue weighted by Crippen LogP contribution is -2.48. The summed E-state index contributed by atoms with van der Waals surface area (Å²) in [5.41, 5.74) is 0.464. The van der Waals surface area contributed by atoms with E-state index in [4.69, 9.17) is 11.6 Å². The molecule has 1 aromatic carbocycles. The zero-order chi connectivity index (χ0) is 19.9. The van der Waals surface area contributed by atoms with Crippen molar-refractivity contribution in [3.05, 3.63) is 56.4 Å². The zero-order valence-corrected chi connectivity index (χ0v) is 17.5. The van der Waals surface area contributed by atoms with Crippen molar-refractivity contribution in [1.29, 1.82) is 0 Å². The van der Waals surface area contributed by atoms with Crippen LogP contribution in [-0.4, -0.2) is 58.4 Å². The Labute approximate surface area is 171 Å². The third-order valence-electron chi connectivity index (χ3n) is 4.55. The van der Waals surface area contributed by atoms with Crippen molar-refractivity contribution in [2.24, 2.45) is 0 Å². The fraction of sp³-hybridized carbons (Fsp3) is 0.353. The monoisotopic (exact) mass is 439 g/mol. The number of aryl methyl sites for hydroxylation is 1. The van der Waals surface area contributed by atoms with E-state index in [1.165, 1.54) is 32.3 Å². The Kier molecular flexibility index (Phi) is 5.23. The van der Waals surface area contributed by atoms with Crippen molar-refractivity contribution < 1.29 is 8.42 Å². The second kappa shape index (κ2) is 7.53. The molecule has 11 heteroatoms. The molecule has 1 fully saturated rings. The largest absolute Gasteiger partial charge is 0.295 e. The molecule has 8 nitrogen and oxygen atoms in total. The number of piperazine rings is 1. The Morgan fingerprint density at radius 1 is 1.18 bits per heavy atom. The first-order chi connectivity index (χ1) is 13.3. The Bertz CT molecular complexity index is 1180. The molecule has 148 valence electrons. The van der Waals surface area contributed by atoms with E-state index < -0.39 is 10.0 Å². The predicted octanol–water partition coefficient (Wildman–Crippen LogP) is 1.62. The summed E-state index contributed by atoms with van der Waals surface area (Å²) in [5.74, 6) is 0. The number of hydrogen-bond acceptors (Lipinski definition) is 7. The summed E-state index contributed by atoms with van der Waals surface area (Å²) in [7, 11) is -3.57. The van der Waals surface area contributed by atoms with Crippen LogP contribution in [0.3, 0.4) is 0 Å². The van der Waals surface area contributed by atoms with Crippen LogP contribution in [0.25, 0.3) is 4.96 Å². The maximum absolute atomic E-state index is 12.8. The predicted molar refractivity (Wildman–Crippen MR) is 107 cm³/mol. The highest BCUT2D eigenvalue weighted by Gasteiger charge is 2.28. The van der Waals surface area contributed by atoms with Crippen molar-refractivity contribution in [2.45, 2.75) is 18.4 Å². The number of hydrogen-bond donors (Lipinski definition) is 0. The average Bonchev–Trinajstić information content (AvgIpc) is 3.03. The summed E-state index contributed by atoms with van der Waals surface area (Å²) in [6.07, 6.45) is 0. The van der Waals surface area contributed by atoms with E-state index in [1.807, 2.05) is 6.92 Å². The first-order valence-corrected chi connectivity index (χ1v) is 11.3. The minimum Gasteiger partial charge on any atom is -0.295 e. The molecule has 3 heterocycles. The van der Waals surface area contributed by atoms with E-state index in [0.717, 1.165) is 5.01 Å². The van der Waals surface area contributed by atoms with Crippen molar-refractivity contribution >= 4 is 37.9 Å². The van der Waals surface area contributed by atoms with Crippen molar-refractivity contribution in [3.63, 3.8) is 0 Å². The molecular weight excluding hydrogens is 422 g/mol. The van der Waals surface area contributed by atoms with Crippen LogP contribution in [0.1, 0.15) is 10.7 Å². The summed E-state index contributed by atoms with van der Waals surface area (Å²) in [6, 6.07) is 7.79. The highest BCUT2D eigenvalue weighted by molar-refractivity contribution is 7.89. The highest BCUT2D eigenvalue weighted by atomic mass is 35.5. The molecule has 2 aromatic heterocycles. The van der Waals surface area contributed by atoms with Gasteiger partial charge in [-0.3, -0.25) is 9.69 Å². The lowest BCUT2D eigenvalue weighted by atomic mass is 10.3. The van der Waals surface area contributed by atoms with Crippen LogP contribution in [0.4, 0.5) is 0 Å². The molecule has 1 aliphatic heterocycles. The molecule has 0 atom stereocenters. The van der Waals surface area contributed by atoms with Crippen LogP contribution in [0.15, 0.2) is 40.0 Å². The normalized spacial score (nSPS) is 16.6. The Balaban J connectivity index is 1.45. The van der Waals surface area contributed by atoms with E-state index in [9.17, 15) is 13.2 Å². The van der Waals surface area contributed by atoms with Gasteiger partial charge < -0.3 is 0 Å². The summed E-state index contributed by atoms with van der Waals surface area (Å²) < 4.78 is 28.3. The van der Waals surface area contributed by atoms with Gasteiger partial charge in [0, 0.05) is 43.8 Å². The lowest BCUT2D eigenvalue weighted by molar-refractivity contribution is 0.180. The second-order valence-electron chi connectivity index (χ2n) is 6.54. The SMILES string of the molecule is Cc1nn2c(=O)cc(CN3CCN(S(=O)(=O)c4cccc(Cl)c4)CC3)nc2s1. The zero-order valence-electron chi connectivity index (χ0n) is 15.1. The van der Waals surface area contributed by atoms with Crippen LogP contribution >= 0.6 is 22.9 Å². The summed E-state index contributed by atoms with van der Waals surface area (Å²) in [5, 5.41) is 5.31. The third-order valence-corrected chi connectivity index (χ3v) is 7.50. The van der Waals surface area contributed by atoms with Gasteiger partial charge in [-0.25, -0.2) is 13.4 Å². The van der Waals surface area contributed by atoms with Crippen LogP contribution in [0.5, 0.6) is 0 Å². The van der Waals surface area contributed by atoms with Gasteiger partial charge in [0.25, 0.3) is 5.56 Å². The fourth-order valence-electron chi connectivity index (χ4n) is 3.17. The molecule has 28 heavy (non-hydrogen) atoms. The summed E-state index contributed by atoms with van der Waals surface area (Å²) >= 11 is 7.30. The molecule has 0 N–H and O–H groups in total. The minimum atomic E-state index is -3.57. The van der Waals surface area contributed by atoms with Gasteiger partial charge >= 0.3 is 0 Å². The minimum absolute atomic E-state index is 0.202.